The molecule has 1 saturated heterocycles. The summed E-state index contributed by atoms with van der Waals surface area (Å²) in [6.45, 7) is 3.07. The van der Waals surface area contributed by atoms with Crippen molar-refractivity contribution in [1.82, 2.24) is 25.2 Å². The summed E-state index contributed by atoms with van der Waals surface area (Å²) in [4.78, 5) is 60.6. The molecule has 3 fully saturated rings. The Bertz CT molecular complexity index is 1960. The number of hydrogen-bond acceptors (Lipinski definition) is 9. The van der Waals surface area contributed by atoms with E-state index in [1.54, 1.807) is 13.0 Å². The van der Waals surface area contributed by atoms with Crippen LogP contribution in [0.4, 0.5) is 9.18 Å². The van der Waals surface area contributed by atoms with Gasteiger partial charge in [-0.15, -0.1) is 0 Å². The number of alkyl halides is 1. The van der Waals surface area contributed by atoms with Crippen LogP contribution < -0.4 is 24.8 Å². The van der Waals surface area contributed by atoms with E-state index >= 15 is 0 Å². The Morgan fingerprint density at radius 2 is 1.92 bits per heavy atom. The minimum Gasteiger partial charge on any atom is -0.477 e. The van der Waals surface area contributed by atoms with Gasteiger partial charge in [0.25, 0.3) is 5.91 Å². The van der Waals surface area contributed by atoms with Gasteiger partial charge in [0.05, 0.1) is 13.2 Å². The Kier molecular flexibility index (Phi) is 9.79. The summed E-state index contributed by atoms with van der Waals surface area (Å²) >= 11 is 0. The smallest absolute Gasteiger partial charge is 0.405 e. The van der Waals surface area contributed by atoms with Gasteiger partial charge in [0.1, 0.15) is 35.1 Å². The molecule has 3 aliphatic heterocycles. The SMILES string of the molecule is C[C@H]1CCC=C[C@@H]2C[C@@]2(C(=O)NS(=O)(=O)C2(CF)CC2)NC(=O)[C@@H]2C[C@@H](Oc3nc4c(c5ccccc35)CCCO4)CN2C(=O)[C@@H](NC(=O)O)[C@H](C)C1. The number of benzene rings is 1. The maximum atomic E-state index is 14.4. The van der Waals surface area contributed by atoms with E-state index in [4.69, 9.17) is 14.5 Å². The van der Waals surface area contributed by atoms with Gasteiger partial charge in [-0.25, -0.2) is 17.6 Å². The van der Waals surface area contributed by atoms with Gasteiger partial charge >= 0.3 is 6.09 Å². The first kappa shape index (κ1) is 36.9. The molecule has 4 N–H and O–H groups in total. The van der Waals surface area contributed by atoms with Crippen LogP contribution in [0.15, 0.2) is 36.4 Å². The Labute approximate surface area is 307 Å². The van der Waals surface area contributed by atoms with Gasteiger partial charge in [0.2, 0.25) is 33.6 Å². The lowest BCUT2D eigenvalue weighted by atomic mass is 9.88. The minimum absolute atomic E-state index is 0.0302. The molecular weight excluding hydrogens is 709 g/mol. The van der Waals surface area contributed by atoms with Gasteiger partial charge in [0, 0.05) is 23.3 Å². The Balaban J connectivity index is 1.23. The van der Waals surface area contributed by atoms with Gasteiger partial charge in [-0.3, -0.25) is 19.1 Å². The zero-order valence-electron chi connectivity index (χ0n) is 29.8. The van der Waals surface area contributed by atoms with E-state index < -0.39 is 80.8 Å². The predicted octanol–water partition coefficient (Wildman–Crippen LogP) is 3.38. The van der Waals surface area contributed by atoms with Gasteiger partial charge < -0.3 is 30.1 Å². The van der Waals surface area contributed by atoms with Crippen molar-refractivity contribution >= 4 is 44.6 Å². The number of aryl methyl sites for hydroxylation is 1. The Morgan fingerprint density at radius 1 is 1.17 bits per heavy atom. The lowest BCUT2D eigenvalue weighted by Gasteiger charge is -2.32. The number of amides is 4. The number of carboxylic acid groups (broad SMARTS) is 1. The number of halogens is 1. The van der Waals surface area contributed by atoms with E-state index in [0.29, 0.717) is 31.7 Å². The topological polar surface area (TPSA) is 193 Å². The van der Waals surface area contributed by atoms with Crippen LogP contribution in [0.3, 0.4) is 0 Å². The zero-order valence-corrected chi connectivity index (χ0v) is 30.6. The summed E-state index contributed by atoms with van der Waals surface area (Å²) in [5.41, 5.74) is -0.692. The number of rotatable bonds is 7. The normalized spacial score (nSPS) is 31.0. The molecule has 2 aromatic rings. The molecule has 1 aromatic carbocycles. The predicted molar refractivity (Wildman–Crippen MR) is 190 cm³/mol. The molecule has 5 aliphatic rings. The summed E-state index contributed by atoms with van der Waals surface area (Å²) < 4.78 is 52.8. The molecule has 0 bridgehead atoms. The fourth-order valence-electron chi connectivity index (χ4n) is 8.18. The van der Waals surface area contributed by atoms with Crippen molar-refractivity contribution in [3.05, 3.63) is 42.0 Å². The lowest BCUT2D eigenvalue weighted by molar-refractivity contribution is -0.142. The molecule has 7 atom stereocenters. The third kappa shape index (κ3) is 7.01. The molecule has 2 aliphatic carbocycles. The third-order valence-electron chi connectivity index (χ3n) is 11.6. The highest BCUT2D eigenvalue weighted by molar-refractivity contribution is 7.91. The third-order valence-corrected chi connectivity index (χ3v) is 13.7. The van der Waals surface area contributed by atoms with E-state index in [0.717, 1.165) is 29.2 Å². The largest absolute Gasteiger partial charge is 0.477 e. The quantitative estimate of drug-likeness (QED) is 0.305. The number of hydrogen-bond donors (Lipinski definition) is 4. The van der Waals surface area contributed by atoms with Crippen LogP contribution in [0.5, 0.6) is 11.8 Å². The van der Waals surface area contributed by atoms with E-state index in [9.17, 15) is 37.1 Å². The first-order valence-corrected chi connectivity index (χ1v) is 19.9. The van der Waals surface area contributed by atoms with Gasteiger partial charge in [0.15, 0.2) is 0 Å². The minimum atomic E-state index is -4.38. The number of allylic oxidation sites excluding steroid dienone is 1. The average molecular weight is 756 g/mol. The Morgan fingerprint density at radius 3 is 2.64 bits per heavy atom. The van der Waals surface area contributed by atoms with Crippen molar-refractivity contribution in [2.45, 2.75) is 100 Å². The number of carbonyl (C=O) groups is 4. The van der Waals surface area contributed by atoms with Crippen molar-refractivity contribution < 1.29 is 46.6 Å². The van der Waals surface area contributed by atoms with Crippen LogP contribution >= 0.6 is 0 Å². The van der Waals surface area contributed by atoms with Crippen LogP contribution in [0.2, 0.25) is 0 Å². The molecule has 7 rings (SSSR count). The molecule has 0 radical (unpaired) electrons. The van der Waals surface area contributed by atoms with Crippen molar-refractivity contribution in [3.63, 3.8) is 0 Å². The molecule has 4 heterocycles. The lowest BCUT2D eigenvalue weighted by Crippen LogP contribution is -2.59. The number of aromatic nitrogens is 1. The van der Waals surface area contributed by atoms with Gasteiger partial charge in [-0.1, -0.05) is 44.2 Å². The van der Waals surface area contributed by atoms with Gasteiger partial charge in [-0.2, -0.15) is 4.98 Å². The first-order valence-electron chi connectivity index (χ1n) is 18.4. The van der Waals surface area contributed by atoms with Crippen LogP contribution in [0.25, 0.3) is 10.8 Å². The molecule has 286 valence electrons. The standard InChI is InChI=1S/C37H46FN5O9S/c1-21-8-3-4-9-23-18-37(23,34(46)42-53(49,50)36(20-38)13-14-36)41-30(44)28-17-24(19-43(28)33(45)29(22(2)16-21)39-35(47)48)52-32-27-11-6-5-10-25(27)26-12-7-15-51-31(26)40-32/h4-6,9-11,21-24,28-29,39H,3,7-8,12-20H2,1-2H3,(H,41,44)(H,42,46)(H,47,48)/t21-,22+,23+,24+,28-,29-,37+/m0/s1. The number of ether oxygens (including phenoxy) is 2. The molecule has 0 unspecified atom stereocenters. The second kappa shape index (κ2) is 14.1. The van der Waals surface area contributed by atoms with Crippen molar-refractivity contribution in [3.8, 4) is 11.8 Å². The second-order valence-corrected chi connectivity index (χ2v) is 17.5. The molecule has 0 spiro atoms. The summed E-state index contributed by atoms with van der Waals surface area (Å²) in [6, 6.07) is 5.20. The van der Waals surface area contributed by atoms with E-state index in [1.165, 1.54) is 4.90 Å². The monoisotopic (exact) mass is 755 g/mol. The number of nitrogens with one attached hydrogen (secondary N) is 3. The molecular formula is C37H46FN5O9S. The molecule has 14 nitrogen and oxygen atoms in total. The van der Waals surface area contributed by atoms with Crippen LogP contribution in [0.1, 0.15) is 70.8 Å². The summed E-state index contributed by atoms with van der Waals surface area (Å²) in [7, 11) is -4.38. The average Bonchev–Trinajstić information content (AvgIpc) is 4.03. The van der Waals surface area contributed by atoms with Crippen molar-refractivity contribution in [2.24, 2.45) is 17.8 Å². The maximum absolute atomic E-state index is 14.4. The molecule has 53 heavy (non-hydrogen) atoms. The summed E-state index contributed by atoms with van der Waals surface area (Å²) in [5, 5.41) is 16.6. The maximum Gasteiger partial charge on any atom is 0.405 e. The van der Waals surface area contributed by atoms with Crippen LogP contribution in [-0.4, -0.2) is 95.5 Å². The highest BCUT2D eigenvalue weighted by Crippen LogP contribution is 2.48. The fourth-order valence-corrected chi connectivity index (χ4v) is 9.60. The van der Waals surface area contributed by atoms with Crippen LogP contribution in [-0.2, 0) is 30.8 Å². The molecule has 1 aromatic heterocycles. The zero-order chi connectivity index (χ0) is 37.7. The van der Waals surface area contributed by atoms with E-state index in [-0.39, 0.29) is 44.0 Å². The number of pyridine rings is 1. The van der Waals surface area contributed by atoms with E-state index in [2.05, 4.69) is 15.4 Å². The van der Waals surface area contributed by atoms with Crippen molar-refractivity contribution in [1.29, 1.82) is 0 Å². The number of carbonyl (C=O) groups excluding carboxylic acids is 3. The first-order chi connectivity index (χ1) is 25.3. The van der Waals surface area contributed by atoms with Gasteiger partial charge in [-0.05, 0) is 74.7 Å². The number of fused-ring (bicyclic) bond motifs is 5. The summed E-state index contributed by atoms with van der Waals surface area (Å²) in [6.07, 6.45) is 5.20. The van der Waals surface area contributed by atoms with Crippen molar-refractivity contribution in [2.75, 3.05) is 19.8 Å². The molecule has 2 saturated carbocycles. The highest BCUT2D eigenvalue weighted by atomic mass is 32.2. The second-order valence-electron chi connectivity index (χ2n) is 15.5. The summed E-state index contributed by atoms with van der Waals surface area (Å²) in [5.74, 6) is -2.49. The molecule has 4 amide bonds. The number of nitrogens with zero attached hydrogens (tertiary/aromatic N) is 2. The van der Waals surface area contributed by atoms with Crippen LogP contribution in [0, 0.1) is 17.8 Å². The fraction of sp³-hybridized carbons (Fsp3) is 0.595. The van der Waals surface area contributed by atoms with E-state index in [1.807, 2.05) is 37.3 Å². The number of sulfonamides is 1. The Hall–Kier alpha value is -4.47. The molecule has 16 heteroatoms. The highest BCUT2D eigenvalue weighted by Gasteiger charge is 2.64.